The molecule has 2 aromatic heterocycles. The van der Waals surface area contributed by atoms with Crippen molar-refractivity contribution in [3.63, 3.8) is 0 Å². The zero-order valence-electron chi connectivity index (χ0n) is 30.2. The molecule has 0 saturated heterocycles. The highest BCUT2D eigenvalue weighted by Crippen LogP contribution is 2.38. The number of phenolic OH excluding ortho intramolecular Hbond substituents is 2. The maximum absolute atomic E-state index is 14.2. The van der Waals surface area contributed by atoms with Gasteiger partial charge in [0.2, 0.25) is 0 Å². The molecule has 0 bridgehead atoms. The molecule has 6 aromatic rings. The van der Waals surface area contributed by atoms with Crippen LogP contribution in [-0.4, -0.2) is 63.1 Å². The van der Waals surface area contributed by atoms with Crippen molar-refractivity contribution in [1.29, 1.82) is 0 Å². The molecule has 4 aromatic carbocycles. The second kappa shape index (κ2) is 17.3. The summed E-state index contributed by atoms with van der Waals surface area (Å²) in [6, 6.07) is 24.8. The van der Waals surface area contributed by atoms with Gasteiger partial charge in [-0.15, -0.1) is 0 Å². The van der Waals surface area contributed by atoms with Gasteiger partial charge in [0, 0.05) is 55.7 Å². The molecule has 0 radical (unpaired) electrons. The van der Waals surface area contributed by atoms with Crippen molar-refractivity contribution in [2.24, 2.45) is 11.8 Å². The van der Waals surface area contributed by atoms with E-state index in [1.54, 1.807) is 31.4 Å². The smallest absolute Gasteiger partial charge is 0.164 e. The first-order chi connectivity index (χ1) is 25.8. The number of aliphatic hydroxyl groups excluding tert-OH is 2. The summed E-state index contributed by atoms with van der Waals surface area (Å²) in [7, 11) is 3.04. The molecular formula is C44H48N2O7. The predicted octanol–water partition coefficient (Wildman–Crippen LogP) is 6.87. The Bertz CT molecular complexity index is 2100. The van der Waals surface area contributed by atoms with Crippen LogP contribution in [0.1, 0.15) is 45.4 Å². The fourth-order valence-electron chi connectivity index (χ4n) is 7.59. The monoisotopic (exact) mass is 716 g/mol. The molecule has 2 heterocycles. The van der Waals surface area contributed by atoms with E-state index in [0.717, 1.165) is 49.7 Å². The van der Waals surface area contributed by atoms with Gasteiger partial charge >= 0.3 is 0 Å². The van der Waals surface area contributed by atoms with E-state index in [1.807, 2.05) is 61.2 Å². The van der Waals surface area contributed by atoms with E-state index < -0.39 is 12.0 Å². The number of hydrogen-bond acceptors (Lipinski definition) is 7. The Kier molecular flexibility index (Phi) is 12.2. The van der Waals surface area contributed by atoms with E-state index >= 15 is 0 Å². The van der Waals surface area contributed by atoms with Crippen LogP contribution in [0.15, 0.2) is 104 Å². The lowest BCUT2D eigenvalue weighted by atomic mass is 9.81. The van der Waals surface area contributed by atoms with Gasteiger partial charge in [-0.3, -0.25) is 4.79 Å². The van der Waals surface area contributed by atoms with Crippen LogP contribution >= 0.6 is 0 Å². The van der Waals surface area contributed by atoms with Gasteiger partial charge < -0.3 is 39.9 Å². The number of carbonyl (C=O) groups excluding carboxylic acids is 1. The summed E-state index contributed by atoms with van der Waals surface area (Å²) < 4.78 is 11.1. The molecule has 0 aliphatic heterocycles. The van der Waals surface area contributed by atoms with Gasteiger partial charge in [0.05, 0.1) is 20.3 Å². The number of rotatable bonds is 18. The fourth-order valence-corrected chi connectivity index (χ4v) is 7.59. The molecule has 9 heteroatoms. The summed E-state index contributed by atoms with van der Waals surface area (Å²) in [5.74, 6) is -0.0486. The zero-order chi connectivity index (χ0) is 37.3. The highest BCUT2D eigenvalue weighted by atomic mass is 16.5. The number of H-pyrrole nitrogens is 2. The summed E-state index contributed by atoms with van der Waals surface area (Å²) in [4.78, 5) is 20.4. The number of benzene rings is 4. The molecule has 0 aliphatic rings. The van der Waals surface area contributed by atoms with E-state index in [4.69, 9.17) is 9.47 Å². The summed E-state index contributed by atoms with van der Waals surface area (Å²) in [5.41, 5.74) is 6.64. The van der Waals surface area contributed by atoms with Crippen molar-refractivity contribution >= 4 is 16.6 Å². The minimum absolute atomic E-state index is 0.0263. The van der Waals surface area contributed by atoms with Crippen molar-refractivity contribution in [1.82, 2.24) is 9.97 Å². The number of nitrogens with one attached hydrogen (secondary N) is 2. The average molecular weight is 717 g/mol. The van der Waals surface area contributed by atoms with Crippen molar-refractivity contribution in [2.45, 2.75) is 51.0 Å². The number of aliphatic hydroxyl groups is 2. The highest BCUT2D eigenvalue weighted by molar-refractivity contribution is 5.89. The van der Waals surface area contributed by atoms with E-state index in [-0.39, 0.29) is 36.2 Å². The second-order valence-electron chi connectivity index (χ2n) is 13.8. The van der Waals surface area contributed by atoms with Crippen LogP contribution in [0.5, 0.6) is 23.0 Å². The third kappa shape index (κ3) is 8.93. The van der Waals surface area contributed by atoms with Crippen LogP contribution in [0.2, 0.25) is 0 Å². The summed E-state index contributed by atoms with van der Waals surface area (Å²) in [5, 5.41) is 45.1. The highest BCUT2D eigenvalue weighted by Gasteiger charge is 2.29. The van der Waals surface area contributed by atoms with Crippen molar-refractivity contribution in [3.05, 3.63) is 143 Å². The molecule has 0 saturated carbocycles. The quantitative estimate of drug-likeness (QED) is 0.0569. The van der Waals surface area contributed by atoms with Crippen LogP contribution in [0, 0.1) is 11.8 Å². The molecule has 0 fully saturated rings. The molecular weight excluding hydrogens is 668 g/mol. The third-order valence-electron chi connectivity index (χ3n) is 10.3. The topological polar surface area (TPSA) is 148 Å². The number of carbonyl (C=O) groups is 1. The van der Waals surface area contributed by atoms with E-state index in [0.29, 0.717) is 50.0 Å². The number of ether oxygens (including phenoxy) is 2. The van der Waals surface area contributed by atoms with Crippen LogP contribution in [-0.2, 0) is 43.3 Å². The Morgan fingerprint density at radius 1 is 0.736 bits per heavy atom. The number of aromatic amines is 2. The van der Waals surface area contributed by atoms with Crippen molar-refractivity contribution in [3.8, 4) is 23.0 Å². The number of ketones is 1. The van der Waals surface area contributed by atoms with Crippen LogP contribution < -0.4 is 9.47 Å². The third-order valence-corrected chi connectivity index (χ3v) is 10.3. The Morgan fingerprint density at radius 3 is 2.08 bits per heavy atom. The number of fused-ring (bicyclic) bond motifs is 1. The summed E-state index contributed by atoms with van der Waals surface area (Å²) >= 11 is 0. The Labute approximate surface area is 309 Å². The van der Waals surface area contributed by atoms with Crippen molar-refractivity contribution in [2.75, 3.05) is 20.8 Å². The molecule has 3 unspecified atom stereocenters. The SMILES string of the molecule is COc1cc(CC(Cc2cc[nH]c2)C(=O)CC(O)C(Cc2cc[nH]c2)Cc2ccc(O)c(OC)c2Cc2cccc3cccc(CCO)c23)ccc1O. The van der Waals surface area contributed by atoms with Crippen LogP contribution in [0.3, 0.4) is 0 Å². The van der Waals surface area contributed by atoms with Gasteiger partial charge in [0.25, 0.3) is 0 Å². The predicted molar refractivity (Wildman–Crippen MR) is 206 cm³/mol. The lowest BCUT2D eigenvalue weighted by Crippen LogP contribution is -2.31. The molecule has 0 amide bonds. The molecule has 3 atom stereocenters. The number of aromatic nitrogens is 2. The van der Waals surface area contributed by atoms with Gasteiger partial charge in [-0.25, -0.2) is 0 Å². The average Bonchev–Trinajstić information content (AvgIpc) is 3.88. The molecule has 9 nitrogen and oxygen atoms in total. The number of phenols is 2. The summed E-state index contributed by atoms with van der Waals surface area (Å²) in [6.07, 6.45) is 9.28. The van der Waals surface area contributed by atoms with Gasteiger partial charge in [-0.1, -0.05) is 48.5 Å². The van der Waals surface area contributed by atoms with E-state index in [2.05, 4.69) is 28.2 Å². The molecule has 0 spiro atoms. The molecule has 6 rings (SSSR count). The first-order valence-corrected chi connectivity index (χ1v) is 18.1. The maximum Gasteiger partial charge on any atom is 0.164 e. The molecule has 6 N–H and O–H groups in total. The molecule has 276 valence electrons. The summed E-state index contributed by atoms with van der Waals surface area (Å²) in [6.45, 7) is 0.0285. The van der Waals surface area contributed by atoms with E-state index in [1.165, 1.54) is 7.11 Å². The number of Topliss-reactive ketones (excluding diaryl/α,β-unsaturated/α-hetero) is 1. The Hall–Kier alpha value is -5.51. The van der Waals surface area contributed by atoms with Gasteiger partial charge in [0.1, 0.15) is 5.78 Å². The Balaban J connectivity index is 1.32. The fraction of sp³-hybridized carbons (Fsp3) is 0.295. The van der Waals surface area contributed by atoms with Crippen LogP contribution in [0.4, 0.5) is 0 Å². The minimum Gasteiger partial charge on any atom is -0.504 e. The first-order valence-electron chi connectivity index (χ1n) is 18.1. The lowest BCUT2D eigenvalue weighted by molar-refractivity contribution is -0.125. The van der Waals surface area contributed by atoms with Gasteiger partial charge in [-0.2, -0.15) is 0 Å². The maximum atomic E-state index is 14.2. The van der Waals surface area contributed by atoms with Crippen molar-refractivity contribution < 1.29 is 34.7 Å². The first kappa shape index (κ1) is 37.3. The number of aromatic hydroxyl groups is 2. The van der Waals surface area contributed by atoms with E-state index in [9.17, 15) is 25.2 Å². The van der Waals surface area contributed by atoms with Crippen LogP contribution in [0.25, 0.3) is 10.8 Å². The number of hydrogen-bond donors (Lipinski definition) is 6. The zero-order valence-corrected chi connectivity index (χ0v) is 30.2. The molecule has 0 aliphatic carbocycles. The number of methoxy groups -OCH3 is 2. The van der Waals surface area contributed by atoms with Gasteiger partial charge in [-0.05, 0) is 113 Å². The second-order valence-corrected chi connectivity index (χ2v) is 13.8. The van der Waals surface area contributed by atoms with Gasteiger partial charge in [0.15, 0.2) is 23.0 Å². The molecule has 53 heavy (non-hydrogen) atoms. The Morgan fingerprint density at radius 2 is 1.42 bits per heavy atom. The largest absolute Gasteiger partial charge is 0.504 e. The minimum atomic E-state index is -0.971. The standard InChI is InChI=1S/C44H48N2O7/c1-52-42-22-28(9-11-38(42)48)19-35(20-29-13-16-45-26-29)40(50)25-41(51)36(21-30-14-17-46-27-30)23-33-10-12-39(49)44(53-2)37(33)24-34-8-4-6-31-5-3-7-32(15-18-47)43(31)34/h3-14,16-17,22,26-27,35-36,41,45-49,51H,15,18-21,23-25H2,1-2H3. The normalized spacial score (nSPS) is 13.1. The lowest BCUT2D eigenvalue weighted by Gasteiger charge is -2.26.